The number of nitrogens with zero attached hydrogens (tertiary/aromatic N) is 1. The van der Waals surface area contributed by atoms with E-state index in [1.54, 1.807) is 6.07 Å². The molecule has 3 N–H and O–H groups in total. The maximum atomic E-state index is 12.1. The third-order valence-electron chi connectivity index (χ3n) is 3.78. The number of benzene rings is 1. The van der Waals surface area contributed by atoms with E-state index < -0.39 is 0 Å². The van der Waals surface area contributed by atoms with Gasteiger partial charge in [0, 0.05) is 23.7 Å². The van der Waals surface area contributed by atoms with Crippen molar-refractivity contribution in [2.24, 2.45) is 5.73 Å². The first kappa shape index (κ1) is 13.8. The standard InChI is InChI=1S/C16H19N3O2/c1-2-13(17)10-5-7-12(8-6-10)18-16(20)14-9-15(21-19-14)11-3-4-11/h5-9,11,13H,2-4,17H2,1H3,(H,18,20). The van der Waals surface area contributed by atoms with Crippen LogP contribution in [0.2, 0.25) is 0 Å². The van der Waals surface area contributed by atoms with Crippen LogP contribution in [0.25, 0.3) is 0 Å². The fourth-order valence-electron chi connectivity index (χ4n) is 2.20. The van der Waals surface area contributed by atoms with Gasteiger partial charge in [0.2, 0.25) is 0 Å². The fourth-order valence-corrected chi connectivity index (χ4v) is 2.20. The molecule has 1 aliphatic carbocycles. The lowest BCUT2D eigenvalue weighted by molar-refractivity contribution is 0.101. The molecular weight excluding hydrogens is 266 g/mol. The Morgan fingerprint density at radius 3 is 2.76 bits per heavy atom. The quantitative estimate of drug-likeness (QED) is 0.883. The number of carbonyl (C=O) groups is 1. The zero-order chi connectivity index (χ0) is 14.8. The molecule has 0 spiro atoms. The molecule has 1 saturated carbocycles. The van der Waals surface area contributed by atoms with E-state index in [9.17, 15) is 4.79 Å². The fraction of sp³-hybridized carbons (Fsp3) is 0.375. The van der Waals surface area contributed by atoms with E-state index in [1.807, 2.05) is 31.2 Å². The molecule has 1 unspecified atom stereocenters. The lowest BCUT2D eigenvalue weighted by Crippen LogP contribution is -2.13. The summed E-state index contributed by atoms with van der Waals surface area (Å²) in [6.45, 7) is 2.04. The Bertz CT molecular complexity index is 629. The molecule has 1 aromatic carbocycles. The normalized spacial score (nSPS) is 15.7. The lowest BCUT2D eigenvalue weighted by atomic mass is 10.1. The van der Waals surface area contributed by atoms with Gasteiger partial charge in [-0.2, -0.15) is 0 Å². The summed E-state index contributed by atoms with van der Waals surface area (Å²) < 4.78 is 5.19. The van der Waals surface area contributed by atoms with Crippen molar-refractivity contribution in [3.63, 3.8) is 0 Å². The highest BCUT2D eigenvalue weighted by Crippen LogP contribution is 2.40. The second-order valence-corrected chi connectivity index (χ2v) is 5.48. The molecule has 2 aromatic rings. The number of anilines is 1. The van der Waals surface area contributed by atoms with Crippen LogP contribution in [-0.2, 0) is 0 Å². The van der Waals surface area contributed by atoms with E-state index >= 15 is 0 Å². The van der Waals surface area contributed by atoms with E-state index in [1.165, 1.54) is 0 Å². The van der Waals surface area contributed by atoms with Crippen molar-refractivity contribution in [3.8, 4) is 0 Å². The van der Waals surface area contributed by atoms with E-state index in [-0.39, 0.29) is 11.9 Å². The Morgan fingerprint density at radius 1 is 1.43 bits per heavy atom. The number of hydrogen-bond acceptors (Lipinski definition) is 4. The van der Waals surface area contributed by atoms with Crippen molar-refractivity contribution >= 4 is 11.6 Å². The van der Waals surface area contributed by atoms with Crippen LogP contribution in [0.4, 0.5) is 5.69 Å². The van der Waals surface area contributed by atoms with Gasteiger partial charge in [0.1, 0.15) is 5.76 Å². The van der Waals surface area contributed by atoms with Gasteiger partial charge >= 0.3 is 0 Å². The zero-order valence-corrected chi connectivity index (χ0v) is 12.0. The van der Waals surface area contributed by atoms with Gasteiger partial charge in [-0.15, -0.1) is 0 Å². The van der Waals surface area contributed by atoms with E-state index in [0.29, 0.717) is 11.6 Å². The molecular formula is C16H19N3O2. The van der Waals surface area contributed by atoms with Crippen molar-refractivity contribution < 1.29 is 9.32 Å². The Labute approximate surface area is 123 Å². The highest BCUT2D eigenvalue weighted by atomic mass is 16.5. The summed E-state index contributed by atoms with van der Waals surface area (Å²) in [5.74, 6) is 1.01. The van der Waals surface area contributed by atoms with Crippen molar-refractivity contribution in [1.82, 2.24) is 5.16 Å². The number of hydrogen-bond donors (Lipinski definition) is 2. The van der Waals surface area contributed by atoms with Gasteiger partial charge in [-0.25, -0.2) is 0 Å². The summed E-state index contributed by atoms with van der Waals surface area (Å²) >= 11 is 0. The molecule has 0 bridgehead atoms. The molecule has 1 amide bonds. The summed E-state index contributed by atoms with van der Waals surface area (Å²) in [4.78, 5) is 12.1. The zero-order valence-electron chi connectivity index (χ0n) is 12.0. The minimum absolute atomic E-state index is 0.0337. The molecule has 21 heavy (non-hydrogen) atoms. The average molecular weight is 285 g/mol. The lowest BCUT2D eigenvalue weighted by Gasteiger charge is -2.10. The molecule has 3 rings (SSSR count). The average Bonchev–Trinajstić information content (AvgIpc) is 3.24. The smallest absolute Gasteiger partial charge is 0.277 e. The van der Waals surface area contributed by atoms with E-state index in [2.05, 4.69) is 10.5 Å². The third kappa shape index (κ3) is 3.13. The molecule has 5 heteroatoms. The Hall–Kier alpha value is -2.14. The minimum atomic E-state index is -0.252. The van der Waals surface area contributed by atoms with Crippen LogP contribution >= 0.6 is 0 Å². The summed E-state index contributed by atoms with van der Waals surface area (Å²) in [6, 6.07) is 9.33. The van der Waals surface area contributed by atoms with Crippen LogP contribution in [0.5, 0.6) is 0 Å². The molecule has 0 radical (unpaired) electrons. The minimum Gasteiger partial charge on any atom is -0.360 e. The van der Waals surface area contributed by atoms with Crippen molar-refractivity contribution in [2.45, 2.75) is 38.1 Å². The molecule has 1 aromatic heterocycles. The van der Waals surface area contributed by atoms with Crippen LogP contribution in [0.1, 0.15) is 60.0 Å². The van der Waals surface area contributed by atoms with Crippen molar-refractivity contribution in [2.75, 3.05) is 5.32 Å². The number of nitrogens with one attached hydrogen (secondary N) is 1. The predicted molar refractivity (Wildman–Crippen MR) is 80.1 cm³/mol. The van der Waals surface area contributed by atoms with Crippen LogP contribution < -0.4 is 11.1 Å². The van der Waals surface area contributed by atoms with Gasteiger partial charge in [-0.1, -0.05) is 24.2 Å². The number of aromatic nitrogens is 1. The first-order valence-electron chi connectivity index (χ1n) is 7.31. The highest BCUT2D eigenvalue weighted by molar-refractivity contribution is 6.02. The molecule has 0 aliphatic heterocycles. The maximum absolute atomic E-state index is 12.1. The Balaban J connectivity index is 1.65. The highest BCUT2D eigenvalue weighted by Gasteiger charge is 2.28. The molecule has 1 atom stereocenters. The topological polar surface area (TPSA) is 81.1 Å². The largest absolute Gasteiger partial charge is 0.360 e. The van der Waals surface area contributed by atoms with Crippen LogP contribution in [0.3, 0.4) is 0 Å². The van der Waals surface area contributed by atoms with Gasteiger partial charge in [0.05, 0.1) is 0 Å². The Morgan fingerprint density at radius 2 is 2.14 bits per heavy atom. The van der Waals surface area contributed by atoms with Gasteiger partial charge in [-0.3, -0.25) is 4.79 Å². The SMILES string of the molecule is CCC(N)c1ccc(NC(=O)c2cc(C3CC3)on2)cc1. The number of nitrogens with two attached hydrogens (primary N) is 1. The first-order valence-corrected chi connectivity index (χ1v) is 7.31. The van der Waals surface area contributed by atoms with Gasteiger partial charge in [-0.05, 0) is 37.0 Å². The third-order valence-corrected chi connectivity index (χ3v) is 3.78. The predicted octanol–water partition coefficient (Wildman–Crippen LogP) is 3.21. The second-order valence-electron chi connectivity index (χ2n) is 5.48. The van der Waals surface area contributed by atoms with Crippen molar-refractivity contribution in [1.29, 1.82) is 0 Å². The number of rotatable bonds is 5. The monoisotopic (exact) mass is 285 g/mol. The van der Waals surface area contributed by atoms with E-state index in [0.717, 1.165) is 36.3 Å². The van der Waals surface area contributed by atoms with Crippen LogP contribution in [0.15, 0.2) is 34.9 Å². The van der Waals surface area contributed by atoms with Gasteiger partial charge in [0.25, 0.3) is 5.91 Å². The van der Waals surface area contributed by atoms with Crippen LogP contribution in [-0.4, -0.2) is 11.1 Å². The second kappa shape index (κ2) is 5.69. The molecule has 1 aliphatic rings. The van der Waals surface area contributed by atoms with Gasteiger partial charge < -0.3 is 15.6 Å². The molecule has 0 saturated heterocycles. The van der Waals surface area contributed by atoms with Gasteiger partial charge in [0.15, 0.2) is 5.69 Å². The number of amides is 1. The summed E-state index contributed by atoms with van der Waals surface area (Å²) in [7, 11) is 0. The molecule has 5 nitrogen and oxygen atoms in total. The summed E-state index contributed by atoms with van der Waals surface area (Å²) in [5.41, 5.74) is 8.08. The maximum Gasteiger partial charge on any atom is 0.277 e. The first-order chi connectivity index (χ1) is 10.2. The number of carbonyl (C=O) groups excluding carboxylic acids is 1. The van der Waals surface area contributed by atoms with Crippen molar-refractivity contribution in [3.05, 3.63) is 47.3 Å². The molecule has 110 valence electrons. The van der Waals surface area contributed by atoms with Crippen LogP contribution in [0, 0.1) is 0 Å². The molecule has 1 fully saturated rings. The summed E-state index contributed by atoms with van der Waals surface area (Å²) in [6.07, 6.45) is 3.12. The molecule has 1 heterocycles. The Kier molecular flexibility index (Phi) is 3.75. The van der Waals surface area contributed by atoms with E-state index in [4.69, 9.17) is 10.3 Å². The summed E-state index contributed by atoms with van der Waals surface area (Å²) in [5, 5.41) is 6.64.